The van der Waals surface area contributed by atoms with E-state index in [1.54, 1.807) is 0 Å². The molecular weight excluding hydrogens is 366 g/mol. The van der Waals surface area contributed by atoms with E-state index in [-0.39, 0.29) is 45.3 Å². The predicted molar refractivity (Wildman–Crippen MR) is 106 cm³/mol. The van der Waals surface area contributed by atoms with Crippen LogP contribution < -0.4 is 0 Å². The van der Waals surface area contributed by atoms with E-state index in [4.69, 9.17) is 0 Å². The van der Waals surface area contributed by atoms with Gasteiger partial charge in [-0.2, -0.15) is 0 Å². The van der Waals surface area contributed by atoms with Crippen LogP contribution in [-0.4, -0.2) is 33.0 Å². The van der Waals surface area contributed by atoms with Gasteiger partial charge in [0.1, 0.15) is 23.5 Å². The molecule has 3 aliphatic rings. The quantitative estimate of drug-likeness (QED) is 0.751. The molecule has 0 bridgehead atoms. The summed E-state index contributed by atoms with van der Waals surface area (Å²) in [4.78, 5) is 52.4. The van der Waals surface area contributed by atoms with Gasteiger partial charge in [-0.3, -0.25) is 19.4 Å². The van der Waals surface area contributed by atoms with Crippen LogP contribution in [0.2, 0.25) is 0 Å². The number of carbonyl (C=O) groups excluding carboxylic acids is 3. The number of aliphatic imine (C=N–C) groups is 1. The smallest absolute Gasteiger partial charge is 0.215 e. The molecule has 1 saturated carbocycles. The highest BCUT2D eigenvalue weighted by atomic mass is 16.1. The molecule has 0 radical (unpaired) electrons. The van der Waals surface area contributed by atoms with Crippen LogP contribution in [0.1, 0.15) is 59.0 Å². The Hall–Kier alpha value is -3.28. The van der Waals surface area contributed by atoms with Crippen molar-refractivity contribution in [2.24, 2.45) is 16.3 Å². The van der Waals surface area contributed by atoms with Gasteiger partial charge in [0.2, 0.25) is 11.6 Å². The highest BCUT2D eigenvalue weighted by Gasteiger charge is 2.50. The fraction of sp³-hybridized carbons (Fsp3) is 0.304. The molecule has 1 aromatic heterocycles. The third-order valence-corrected chi connectivity index (χ3v) is 5.96. The van der Waals surface area contributed by atoms with Crippen molar-refractivity contribution in [3.8, 4) is 0 Å². The highest BCUT2D eigenvalue weighted by Crippen LogP contribution is 2.48. The summed E-state index contributed by atoms with van der Waals surface area (Å²) in [5, 5.41) is 0. The number of hydrogen-bond acceptors (Lipinski definition) is 6. The second kappa shape index (κ2) is 6.11. The van der Waals surface area contributed by atoms with Crippen molar-refractivity contribution in [2.45, 2.75) is 32.6 Å². The van der Waals surface area contributed by atoms with Crippen molar-refractivity contribution in [3.63, 3.8) is 0 Å². The van der Waals surface area contributed by atoms with Crippen molar-refractivity contribution in [1.82, 2.24) is 9.97 Å². The highest BCUT2D eigenvalue weighted by molar-refractivity contribution is 6.29. The lowest BCUT2D eigenvalue weighted by Crippen LogP contribution is -2.45. The van der Waals surface area contributed by atoms with Gasteiger partial charge in [-0.25, -0.2) is 9.97 Å². The lowest BCUT2D eigenvalue weighted by atomic mass is 9.62. The minimum absolute atomic E-state index is 0.0640. The number of benzene rings is 1. The molecule has 1 fully saturated rings. The van der Waals surface area contributed by atoms with Crippen LogP contribution in [0.5, 0.6) is 0 Å². The van der Waals surface area contributed by atoms with Crippen LogP contribution in [0.15, 0.2) is 59.1 Å². The Bertz CT molecular complexity index is 1140. The summed E-state index contributed by atoms with van der Waals surface area (Å²) in [6.45, 7) is 4.06. The molecule has 6 heteroatoms. The van der Waals surface area contributed by atoms with Crippen molar-refractivity contribution < 1.29 is 14.4 Å². The minimum atomic E-state index is -0.526. The van der Waals surface area contributed by atoms with Gasteiger partial charge >= 0.3 is 0 Å². The molecule has 5 rings (SSSR count). The Balaban J connectivity index is 1.78. The molecule has 0 spiro atoms. The predicted octanol–water partition coefficient (Wildman–Crippen LogP) is 3.35. The van der Waals surface area contributed by atoms with Crippen LogP contribution >= 0.6 is 0 Å². The zero-order chi connectivity index (χ0) is 20.3. The monoisotopic (exact) mass is 385 g/mol. The molecule has 2 aliphatic carbocycles. The molecule has 2 atom stereocenters. The van der Waals surface area contributed by atoms with E-state index in [0.29, 0.717) is 18.6 Å². The molecule has 29 heavy (non-hydrogen) atoms. The summed E-state index contributed by atoms with van der Waals surface area (Å²) < 4.78 is 0. The number of nitrogens with zero attached hydrogens (tertiary/aromatic N) is 3. The molecule has 0 amide bonds. The molecule has 2 unspecified atom stereocenters. The topological polar surface area (TPSA) is 89.3 Å². The summed E-state index contributed by atoms with van der Waals surface area (Å²) in [5.74, 6) is -1.68. The fourth-order valence-electron chi connectivity index (χ4n) is 4.81. The van der Waals surface area contributed by atoms with E-state index in [0.717, 1.165) is 5.56 Å². The molecule has 2 heterocycles. The van der Waals surface area contributed by atoms with E-state index >= 15 is 0 Å². The Morgan fingerprint density at radius 2 is 1.72 bits per heavy atom. The number of carbonyl (C=O) groups is 3. The molecule has 6 nitrogen and oxygen atoms in total. The van der Waals surface area contributed by atoms with E-state index in [9.17, 15) is 14.4 Å². The second-order valence-electron chi connectivity index (χ2n) is 8.66. The molecular formula is C23H19N3O3. The Morgan fingerprint density at radius 3 is 2.48 bits per heavy atom. The molecule has 1 aromatic carbocycles. The maximum atomic E-state index is 13.4. The van der Waals surface area contributed by atoms with Crippen LogP contribution in [0.25, 0.3) is 0 Å². The van der Waals surface area contributed by atoms with Crippen LogP contribution in [0, 0.1) is 11.3 Å². The summed E-state index contributed by atoms with van der Waals surface area (Å²) in [5.41, 5.74) is 2.00. The van der Waals surface area contributed by atoms with Gasteiger partial charge in [0.25, 0.3) is 0 Å². The van der Waals surface area contributed by atoms with Gasteiger partial charge in [-0.15, -0.1) is 0 Å². The number of ketones is 3. The summed E-state index contributed by atoms with van der Waals surface area (Å²) in [7, 11) is 0. The van der Waals surface area contributed by atoms with Crippen molar-refractivity contribution in [3.05, 3.63) is 70.9 Å². The van der Waals surface area contributed by atoms with Crippen LogP contribution in [0.4, 0.5) is 0 Å². The van der Waals surface area contributed by atoms with Gasteiger partial charge < -0.3 is 0 Å². The zero-order valence-electron chi connectivity index (χ0n) is 16.2. The van der Waals surface area contributed by atoms with E-state index in [1.807, 2.05) is 44.2 Å². The SMILES string of the molecule is CC1(C)CC(=O)C2C(=NC3=C(C(=O)c4ncncc4C3=O)C2c2ccccc2)C1. The fourth-order valence-corrected chi connectivity index (χ4v) is 4.81. The molecule has 0 saturated heterocycles. The average Bonchev–Trinajstić information content (AvgIpc) is 2.70. The number of Topliss-reactive ketones (excluding diaryl/α,β-unsaturated/α-hetero) is 3. The first-order valence-electron chi connectivity index (χ1n) is 9.66. The Kier molecular flexibility index (Phi) is 3.75. The second-order valence-corrected chi connectivity index (χ2v) is 8.66. The van der Waals surface area contributed by atoms with Gasteiger partial charge in [-0.1, -0.05) is 44.2 Å². The molecule has 1 aliphatic heterocycles. The van der Waals surface area contributed by atoms with Crippen molar-refractivity contribution in [2.75, 3.05) is 0 Å². The maximum Gasteiger partial charge on any atom is 0.215 e. The molecule has 2 aromatic rings. The number of aromatic nitrogens is 2. The summed E-state index contributed by atoms with van der Waals surface area (Å²) in [6, 6.07) is 9.45. The molecule has 144 valence electrons. The first-order chi connectivity index (χ1) is 13.9. The van der Waals surface area contributed by atoms with Gasteiger partial charge in [-0.05, 0) is 17.4 Å². The summed E-state index contributed by atoms with van der Waals surface area (Å²) >= 11 is 0. The first-order valence-corrected chi connectivity index (χ1v) is 9.66. The number of allylic oxidation sites excluding steroid dienone is 2. The number of fused-ring (bicyclic) bond motifs is 2. The summed E-state index contributed by atoms with van der Waals surface area (Å²) in [6.07, 6.45) is 3.66. The largest absolute Gasteiger partial charge is 0.299 e. The van der Waals surface area contributed by atoms with Gasteiger partial charge in [0.05, 0.1) is 11.5 Å². The van der Waals surface area contributed by atoms with Gasteiger partial charge in [0, 0.05) is 29.8 Å². The first kappa shape index (κ1) is 17.8. The zero-order valence-corrected chi connectivity index (χ0v) is 16.2. The van der Waals surface area contributed by atoms with Crippen LogP contribution in [0.3, 0.4) is 0 Å². The van der Waals surface area contributed by atoms with Crippen LogP contribution in [-0.2, 0) is 4.79 Å². The maximum absolute atomic E-state index is 13.4. The van der Waals surface area contributed by atoms with E-state index < -0.39 is 11.8 Å². The minimum Gasteiger partial charge on any atom is -0.299 e. The normalized spacial score (nSPS) is 25.2. The third kappa shape index (κ3) is 2.63. The average molecular weight is 385 g/mol. The van der Waals surface area contributed by atoms with E-state index in [1.165, 1.54) is 12.5 Å². The lowest BCUT2D eigenvalue weighted by molar-refractivity contribution is -0.124. The van der Waals surface area contributed by atoms with Crippen molar-refractivity contribution >= 4 is 23.1 Å². The number of rotatable bonds is 1. The molecule has 0 N–H and O–H groups in total. The van der Waals surface area contributed by atoms with Crippen molar-refractivity contribution in [1.29, 1.82) is 0 Å². The Labute approximate surface area is 167 Å². The number of hydrogen-bond donors (Lipinski definition) is 0. The Morgan fingerprint density at radius 1 is 0.966 bits per heavy atom. The van der Waals surface area contributed by atoms with Gasteiger partial charge in [0.15, 0.2) is 0 Å². The third-order valence-electron chi connectivity index (χ3n) is 5.96. The van der Waals surface area contributed by atoms with E-state index in [2.05, 4.69) is 15.0 Å². The lowest BCUT2D eigenvalue weighted by Gasteiger charge is -2.42. The standard InChI is InChI=1S/C23H19N3O3/c1-23(2)8-14-17(15(27)9-23)16(12-6-4-3-5-7-12)18-20(26-14)21(28)13-10-24-11-25-19(13)22(18)29/h3-7,10-11,16-17H,8-9H2,1-2H3.